The molecule has 3 fully saturated rings. The zero-order valence-electron chi connectivity index (χ0n) is 26.2. The van der Waals surface area contributed by atoms with E-state index in [1.54, 1.807) is 18.2 Å². The van der Waals surface area contributed by atoms with Gasteiger partial charge in [-0.25, -0.2) is 9.49 Å². The van der Waals surface area contributed by atoms with Crippen molar-refractivity contribution in [1.82, 2.24) is 15.1 Å². The monoisotopic (exact) mass is 608 g/mol. The Morgan fingerprint density at radius 3 is 2.20 bits per heavy atom. The molecule has 1 aromatic heterocycles. The molecule has 0 saturated carbocycles. The van der Waals surface area contributed by atoms with Crippen LogP contribution in [-0.4, -0.2) is 64.5 Å². The summed E-state index contributed by atoms with van der Waals surface area (Å²) in [6.45, 7) is 10.5. The molecular weight excluding hydrogens is 570 g/mol. The van der Waals surface area contributed by atoms with Gasteiger partial charge in [-0.15, -0.1) is 0 Å². The molecule has 232 valence electrons. The Bertz CT molecular complexity index is 1820. The Balaban J connectivity index is 1.03. The molecule has 0 bridgehead atoms. The van der Waals surface area contributed by atoms with Crippen molar-refractivity contribution in [3.05, 3.63) is 99.7 Å². The van der Waals surface area contributed by atoms with Crippen LogP contribution >= 0.6 is 0 Å². The van der Waals surface area contributed by atoms with E-state index in [1.165, 1.54) is 6.07 Å². The van der Waals surface area contributed by atoms with Gasteiger partial charge in [0, 0.05) is 42.7 Å². The van der Waals surface area contributed by atoms with Crippen molar-refractivity contribution in [1.29, 1.82) is 0 Å². The van der Waals surface area contributed by atoms with Crippen LogP contribution < -0.4 is 15.9 Å². The van der Waals surface area contributed by atoms with Crippen molar-refractivity contribution in [2.24, 2.45) is 0 Å². The quantitative estimate of drug-likeness (QED) is 0.327. The fourth-order valence-corrected chi connectivity index (χ4v) is 6.87. The summed E-state index contributed by atoms with van der Waals surface area (Å²) in [4.78, 5) is 30.2. The molecule has 1 N–H and O–H groups in total. The normalized spacial score (nSPS) is 20.1. The van der Waals surface area contributed by atoms with Crippen molar-refractivity contribution in [3.63, 3.8) is 0 Å². The Kier molecular flexibility index (Phi) is 7.13. The third kappa shape index (κ3) is 5.14. The molecule has 0 atom stereocenters. The predicted molar refractivity (Wildman–Crippen MR) is 174 cm³/mol. The summed E-state index contributed by atoms with van der Waals surface area (Å²) in [6.07, 6.45) is 2.94. The van der Waals surface area contributed by atoms with E-state index in [2.05, 4.69) is 67.1 Å². The van der Waals surface area contributed by atoms with Crippen molar-refractivity contribution in [2.75, 3.05) is 24.5 Å². The van der Waals surface area contributed by atoms with E-state index in [0.29, 0.717) is 24.0 Å². The molecule has 0 radical (unpaired) electrons. The Morgan fingerprint density at radius 1 is 0.911 bits per heavy atom. The number of nitrogens with zero attached hydrogens (tertiary/aromatic N) is 3. The second kappa shape index (κ2) is 10.8. The molecule has 0 unspecified atom stereocenters. The Hall–Kier alpha value is -4.02. The number of aromatic amines is 1. The number of amides is 1. The van der Waals surface area contributed by atoms with E-state index in [1.807, 2.05) is 23.1 Å². The maximum Gasteiger partial charge on any atom is 0.494 e. The smallest absolute Gasteiger partial charge is 0.399 e. The van der Waals surface area contributed by atoms with Crippen molar-refractivity contribution >= 4 is 34.9 Å². The van der Waals surface area contributed by atoms with Gasteiger partial charge in [-0.1, -0.05) is 36.4 Å². The zero-order valence-corrected chi connectivity index (χ0v) is 26.2. The minimum Gasteiger partial charge on any atom is -0.399 e. The van der Waals surface area contributed by atoms with Gasteiger partial charge in [0.25, 0.3) is 11.5 Å². The van der Waals surface area contributed by atoms with E-state index in [4.69, 9.17) is 9.31 Å². The third-order valence-electron chi connectivity index (χ3n) is 10.5. The van der Waals surface area contributed by atoms with Gasteiger partial charge in [-0.2, -0.15) is 5.10 Å². The summed E-state index contributed by atoms with van der Waals surface area (Å²) in [6, 6.07) is 20.3. The highest BCUT2D eigenvalue weighted by atomic mass is 19.1. The number of hydrogen-bond donors (Lipinski definition) is 1. The number of piperidine rings is 1. The average molecular weight is 609 g/mol. The lowest BCUT2D eigenvalue weighted by atomic mass is 9.75. The van der Waals surface area contributed by atoms with Gasteiger partial charge in [0.2, 0.25) is 0 Å². The van der Waals surface area contributed by atoms with Crippen LogP contribution in [0.5, 0.6) is 0 Å². The highest BCUT2D eigenvalue weighted by molar-refractivity contribution is 6.62. The van der Waals surface area contributed by atoms with E-state index in [9.17, 15) is 9.59 Å². The van der Waals surface area contributed by atoms with Crippen LogP contribution in [0.3, 0.4) is 0 Å². The molecule has 0 aliphatic carbocycles. The molecule has 3 saturated heterocycles. The van der Waals surface area contributed by atoms with E-state index in [0.717, 1.165) is 54.5 Å². The second-order valence-electron chi connectivity index (χ2n) is 13.6. The lowest BCUT2D eigenvalue weighted by Gasteiger charge is -2.56. The van der Waals surface area contributed by atoms with Crippen LogP contribution in [0.4, 0.5) is 10.1 Å². The van der Waals surface area contributed by atoms with Crippen LogP contribution in [0.25, 0.3) is 10.8 Å². The van der Waals surface area contributed by atoms with Gasteiger partial charge in [0.05, 0.1) is 27.8 Å². The number of benzene rings is 3. The molecule has 3 aromatic carbocycles. The number of H-pyrrole nitrogens is 1. The number of fused-ring (bicyclic) bond motifs is 1. The minimum atomic E-state index is -0.524. The first kappa shape index (κ1) is 29.7. The number of nitrogens with one attached hydrogen (secondary N) is 1. The molecule has 8 nitrogen and oxygen atoms in total. The van der Waals surface area contributed by atoms with Crippen LogP contribution in [0.15, 0.2) is 71.5 Å². The molecule has 4 aromatic rings. The number of aromatic nitrogens is 2. The molecule has 10 heteroatoms. The second-order valence-corrected chi connectivity index (χ2v) is 13.6. The van der Waals surface area contributed by atoms with Gasteiger partial charge < -0.3 is 19.1 Å². The maximum atomic E-state index is 15.1. The SMILES string of the molecule is CC1(C)OB(c2ccc(N3CCC4(CC3)CCN4C(=O)c3cc(Cc4n[nH]c(=O)c5ccccc45)ccc3F)cc2)OC1(C)C. The van der Waals surface area contributed by atoms with Gasteiger partial charge in [-0.3, -0.25) is 9.59 Å². The number of carbonyl (C=O) groups excluding carboxylic acids is 1. The predicted octanol–water partition coefficient (Wildman–Crippen LogP) is 4.84. The highest BCUT2D eigenvalue weighted by Gasteiger charge is 2.52. The summed E-state index contributed by atoms with van der Waals surface area (Å²) in [5.41, 5.74) is 2.37. The van der Waals surface area contributed by atoms with Crippen LogP contribution in [0.2, 0.25) is 0 Å². The zero-order chi connectivity index (χ0) is 31.6. The number of likely N-dealkylation sites (tertiary alicyclic amines) is 1. The first-order chi connectivity index (χ1) is 21.5. The fraction of sp³-hybridized carbons (Fsp3) is 0.400. The Morgan fingerprint density at radius 2 is 1.56 bits per heavy atom. The van der Waals surface area contributed by atoms with Gasteiger partial charge in [-0.05, 0) is 88.3 Å². The number of anilines is 1. The molecule has 4 heterocycles. The molecular formula is C35H38BFN4O4. The minimum absolute atomic E-state index is 0.0843. The first-order valence-electron chi connectivity index (χ1n) is 15.7. The standard InChI is InChI=1S/C35H38BFN4O4/c1-33(2)34(3,4)45-36(44-33)24-10-12-25(13-11-24)40-18-15-35(16-19-40)17-20-41(35)32(43)28-21-23(9-14-29(28)37)22-30-26-7-5-6-8-27(26)31(42)39-38-30/h5-14,21H,15-20,22H2,1-4H3,(H,39,42). The maximum absolute atomic E-state index is 15.1. The number of rotatable bonds is 5. The molecule has 3 aliphatic rings. The summed E-state index contributed by atoms with van der Waals surface area (Å²) >= 11 is 0. The molecule has 1 spiro atoms. The average Bonchev–Trinajstić information content (AvgIpc) is 3.25. The summed E-state index contributed by atoms with van der Waals surface area (Å²) in [7, 11) is -0.394. The van der Waals surface area contributed by atoms with Crippen molar-refractivity contribution < 1.29 is 18.5 Å². The summed E-state index contributed by atoms with van der Waals surface area (Å²) in [5.74, 6) is -0.787. The van der Waals surface area contributed by atoms with Crippen LogP contribution in [0.1, 0.15) is 68.6 Å². The van der Waals surface area contributed by atoms with Gasteiger partial charge in [0.15, 0.2) is 0 Å². The largest absolute Gasteiger partial charge is 0.494 e. The number of hydrogen-bond acceptors (Lipinski definition) is 6. The fourth-order valence-electron chi connectivity index (χ4n) is 6.87. The topological polar surface area (TPSA) is 87.8 Å². The van der Waals surface area contributed by atoms with E-state index < -0.39 is 12.9 Å². The Labute approximate surface area is 262 Å². The third-order valence-corrected chi connectivity index (χ3v) is 10.5. The van der Waals surface area contributed by atoms with E-state index in [-0.39, 0.29) is 33.8 Å². The van der Waals surface area contributed by atoms with Gasteiger partial charge in [0.1, 0.15) is 5.82 Å². The van der Waals surface area contributed by atoms with Crippen molar-refractivity contribution in [2.45, 2.75) is 70.1 Å². The molecule has 45 heavy (non-hydrogen) atoms. The highest BCUT2D eigenvalue weighted by Crippen LogP contribution is 2.42. The molecule has 3 aliphatic heterocycles. The van der Waals surface area contributed by atoms with Crippen LogP contribution in [0, 0.1) is 5.82 Å². The molecule has 1 amide bonds. The molecule has 7 rings (SSSR count). The lowest BCUT2D eigenvalue weighted by molar-refractivity contribution is -0.0165. The number of halogens is 1. The van der Waals surface area contributed by atoms with E-state index >= 15 is 4.39 Å². The van der Waals surface area contributed by atoms with Crippen LogP contribution in [-0.2, 0) is 15.7 Å². The van der Waals surface area contributed by atoms with Gasteiger partial charge >= 0.3 is 7.12 Å². The lowest BCUT2D eigenvalue weighted by Crippen LogP contribution is -2.66. The van der Waals surface area contributed by atoms with Crippen molar-refractivity contribution in [3.8, 4) is 0 Å². The summed E-state index contributed by atoms with van der Waals surface area (Å²) in [5, 5.41) is 8.10. The summed E-state index contributed by atoms with van der Waals surface area (Å²) < 4.78 is 27.5. The number of carbonyl (C=O) groups is 1. The first-order valence-corrected chi connectivity index (χ1v) is 15.7.